The van der Waals surface area contributed by atoms with Crippen LogP contribution in [0, 0.1) is 5.92 Å². The Morgan fingerprint density at radius 3 is 2.95 bits per heavy atom. The van der Waals surface area contributed by atoms with E-state index in [-0.39, 0.29) is 23.8 Å². The summed E-state index contributed by atoms with van der Waals surface area (Å²) >= 11 is 0. The summed E-state index contributed by atoms with van der Waals surface area (Å²) in [5, 5.41) is 5.52. The van der Waals surface area contributed by atoms with Crippen molar-refractivity contribution in [1.82, 2.24) is 0 Å². The molecule has 3 atom stereocenters. The van der Waals surface area contributed by atoms with Gasteiger partial charge in [0.25, 0.3) is 5.91 Å². The molecule has 1 aromatic rings. The van der Waals surface area contributed by atoms with Crippen molar-refractivity contribution in [2.45, 2.75) is 19.1 Å². The lowest BCUT2D eigenvalue weighted by atomic mass is 10.0. The van der Waals surface area contributed by atoms with Gasteiger partial charge in [-0.15, -0.1) is 0 Å². The fourth-order valence-corrected chi connectivity index (χ4v) is 2.36. The molecule has 21 heavy (non-hydrogen) atoms. The van der Waals surface area contributed by atoms with Gasteiger partial charge in [0.05, 0.1) is 24.8 Å². The molecule has 0 bridgehead atoms. The summed E-state index contributed by atoms with van der Waals surface area (Å²) < 4.78 is 10.6. The second-order valence-electron chi connectivity index (χ2n) is 5.26. The fraction of sp³-hybridized carbons (Fsp3) is 0.429. The highest BCUT2D eigenvalue weighted by atomic mass is 16.5. The van der Waals surface area contributed by atoms with Crippen LogP contribution in [0.5, 0.6) is 5.75 Å². The summed E-state index contributed by atoms with van der Waals surface area (Å²) in [6.45, 7) is 2.40. The van der Waals surface area contributed by atoms with Gasteiger partial charge in [0.2, 0.25) is 5.91 Å². The van der Waals surface area contributed by atoms with Crippen LogP contribution in [0.2, 0.25) is 0 Å². The van der Waals surface area contributed by atoms with Crippen molar-refractivity contribution in [1.29, 1.82) is 0 Å². The fourth-order valence-electron chi connectivity index (χ4n) is 2.36. The van der Waals surface area contributed by atoms with Gasteiger partial charge in [0.15, 0.2) is 6.10 Å². The predicted molar refractivity (Wildman–Crippen MR) is 76.1 cm³/mol. The maximum Gasteiger partial charge on any atom is 0.265 e. The zero-order chi connectivity index (χ0) is 15.0. The van der Waals surface area contributed by atoms with E-state index in [0.29, 0.717) is 30.3 Å². The molecule has 7 nitrogen and oxygen atoms in total. The van der Waals surface area contributed by atoms with Crippen LogP contribution in [0.4, 0.5) is 11.4 Å². The Morgan fingerprint density at radius 1 is 1.43 bits per heavy atom. The van der Waals surface area contributed by atoms with E-state index in [1.54, 1.807) is 25.1 Å². The molecule has 3 rings (SSSR count). The number of fused-ring (bicyclic) bond motifs is 1. The van der Waals surface area contributed by atoms with E-state index >= 15 is 0 Å². The van der Waals surface area contributed by atoms with Crippen molar-refractivity contribution in [2.24, 2.45) is 11.7 Å². The summed E-state index contributed by atoms with van der Waals surface area (Å²) in [7, 11) is 0. The number of hydrogen-bond acceptors (Lipinski definition) is 5. The van der Waals surface area contributed by atoms with Gasteiger partial charge in [-0.3, -0.25) is 9.59 Å². The number of nitrogens with two attached hydrogens (primary N) is 1. The summed E-state index contributed by atoms with van der Waals surface area (Å²) in [6.07, 6.45) is -0.522. The van der Waals surface area contributed by atoms with Gasteiger partial charge in [-0.1, -0.05) is 0 Å². The van der Waals surface area contributed by atoms with Crippen LogP contribution >= 0.6 is 0 Å². The molecule has 0 saturated carbocycles. The largest absolute Gasteiger partial charge is 0.479 e. The van der Waals surface area contributed by atoms with Crippen LogP contribution in [-0.4, -0.2) is 37.2 Å². The monoisotopic (exact) mass is 291 g/mol. The third-order valence-corrected chi connectivity index (χ3v) is 3.64. The van der Waals surface area contributed by atoms with Crippen molar-refractivity contribution in [3.8, 4) is 5.75 Å². The number of carbonyl (C=O) groups is 2. The molecular formula is C14H17N3O4. The van der Waals surface area contributed by atoms with Crippen molar-refractivity contribution in [3.05, 3.63) is 18.2 Å². The standard InChI is InChI=1S/C14H17N3O4/c1-7-13(18)17-11-4-8(2-3-12(11)21-7)16-14(19)9-5-20-6-10(9)15/h2-4,7,9-10H,5-6,15H2,1H3,(H,16,19)(H,17,18). The Balaban J connectivity index is 1.74. The van der Waals surface area contributed by atoms with Gasteiger partial charge >= 0.3 is 0 Å². The van der Waals surface area contributed by atoms with E-state index in [9.17, 15) is 9.59 Å². The van der Waals surface area contributed by atoms with E-state index < -0.39 is 6.10 Å². The second-order valence-corrected chi connectivity index (χ2v) is 5.26. The third kappa shape index (κ3) is 2.70. The van der Waals surface area contributed by atoms with Gasteiger partial charge in [-0.05, 0) is 25.1 Å². The van der Waals surface area contributed by atoms with Crippen LogP contribution in [0.15, 0.2) is 18.2 Å². The smallest absolute Gasteiger partial charge is 0.265 e. The Hall–Kier alpha value is -2.12. The normalized spacial score (nSPS) is 27.5. The number of hydrogen-bond donors (Lipinski definition) is 3. The molecule has 1 aromatic carbocycles. The zero-order valence-electron chi connectivity index (χ0n) is 11.6. The van der Waals surface area contributed by atoms with Crippen LogP contribution in [0.1, 0.15) is 6.92 Å². The molecule has 2 aliphatic heterocycles. The maximum absolute atomic E-state index is 12.1. The van der Waals surface area contributed by atoms with Gasteiger partial charge < -0.3 is 25.8 Å². The quantitative estimate of drug-likeness (QED) is 0.728. The first-order valence-electron chi connectivity index (χ1n) is 6.80. The average molecular weight is 291 g/mol. The van der Waals surface area contributed by atoms with E-state index in [1.165, 1.54) is 0 Å². The zero-order valence-corrected chi connectivity index (χ0v) is 11.6. The van der Waals surface area contributed by atoms with E-state index in [2.05, 4.69) is 10.6 Å². The molecule has 2 heterocycles. The number of amides is 2. The second kappa shape index (κ2) is 5.34. The number of anilines is 2. The van der Waals surface area contributed by atoms with E-state index in [1.807, 2.05) is 0 Å². The van der Waals surface area contributed by atoms with Crippen LogP contribution in [0.25, 0.3) is 0 Å². The minimum Gasteiger partial charge on any atom is -0.479 e. The van der Waals surface area contributed by atoms with Crippen molar-refractivity contribution >= 4 is 23.2 Å². The molecule has 2 aliphatic rings. The van der Waals surface area contributed by atoms with Gasteiger partial charge in [-0.2, -0.15) is 0 Å². The topological polar surface area (TPSA) is 103 Å². The molecular weight excluding hydrogens is 274 g/mol. The molecule has 1 saturated heterocycles. The SMILES string of the molecule is CC1Oc2ccc(NC(=O)C3COCC3N)cc2NC1=O. The van der Waals surface area contributed by atoms with Crippen molar-refractivity contribution < 1.29 is 19.1 Å². The molecule has 7 heteroatoms. The molecule has 4 N–H and O–H groups in total. The Kier molecular flexibility index (Phi) is 3.52. The minimum atomic E-state index is -0.522. The molecule has 0 spiro atoms. The molecule has 3 unspecified atom stereocenters. The van der Waals surface area contributed by atoms with E-state index in [4.69, 9.17) is 15.2 Å². The Morgan fingerprint density at radius 2 is 2.24 bits per heavy atom. The molecule has 1 fully saturated rings. The van der Waals surface area contributed by atoms with Crippen molar-refractivity contribution in [3.63, 3.8) is 0 Å². The first-order chi connectivity index (χ1) is 10.0. The highest BCUT2D eigenvalue weighted by Gasteiger charge is 2.31. The van der Waals surface area contributed by atoms with Gasteiger partial charge in [0, 0.05) is 11.7 Å². The molecule has 0 radical (unpaired) electrons. The third-order valence-electron chi connectivity index (χ3n) is 3.64. The highest BCUT2D eigenvalue weighted by molar-refractivity contribution is 5.99. The molecule has 0 aliphatic carbocycles. The lowest BCUT2D eigenvalue weighted by Crippen LogP contribution is -2.37. The van der Waals surface area contributed by atoms with Gasteiger partial charge in [-0.25, -0.2) is 0 Å². The summed E-state index contributed by atoms with van der Waals surface area (Å²) in [5.41, 5.74) is 6.94. The number of carbonyl (C=O) groups excluding carboxylic acids is 2. The van der Waals surface area contributed by atoms with Crippen LogP contribution in [0.3, 0.4) is 0 Å². The number of benzene rings is 1. The summed E-state index contributed by atoms with van der Waals surface area (Å²) in [6, 6.07) is 4.82. The number of ether oxygens (including phenoxy) is 2. The number of rotatable bonds is 2. The Labute approximate surface area is 121 Å². The molecule has 2 amide bonds. The lowest BCUT2D eigenvalue weighted by Gasteiger charge is -2.24. The minimum absolute atomic E-state index is 0.184. The van der Waals surface area contributed by atoms with Crippen molar-refractivity contribution in [2.75, 3.05) is 23.8 Å². The van der Waals surface area contributed by atoms with E-state index in [0.717, 1.165) is 0 Å². The Bertz CT molecular complexity index is 590. The predicted octanol–water partition coefficient (Wildman–Crippen LogP) is 0.318. The summed E-state index contributed by atoms with van der Waals surface area (Å²) in [4.78, 5) is 23.7. The lowest BCUT2D eigenvalue weighted by molar-refractivity contribution is -0.122. The number of nitrogens with one attached hydrogen (secondary N) is 2. The van der Waals surface area contributed by atoms with Crippen LogP contribution < -0.4 is 21.1 Å². The average Bonchev–Trinajstić information content (AvgIpc) is 2.87. The van der Waals surface area contributed by atoms with Gasteiger partial charge in [0.1, 0.15) is 5.75 Å². The maximum atomic E-state index is 12.1. The van der Waals surface area contributed by atoms with Crippen LogP contribution in [-0.2, 0) is 14.3 Å². The highest BCUT2D eigenvalue weighted by Crippen LogP contribution is 2.32. The first kappa shape index (κ1) is 13.8. The molecule has 0 aromatic heterocycles. The summed E-state index contributed by atoms with van der Waals surface area (Å²) in [5.74, 6) is -0.165. The molecule has 112 valence electrons. The first-order valence-corrected chi connectivity index (χ1v) is 6.80.